The first-order chi connectivity index (χ1) is 12.2. The molecular weight excluding hydrogens is 322 g/mol. The van der Waals surface area contributed by atoms with Gasteiger partial charge in [-0.25, -0.2) is 4.98 Å². The van der Waals surface area contributed by atoms with Gasteiger partial charge in [0.25, 0.3) is 5.91 Å². The Hall–Kier alpha value is -3.55. The van der Waals surface area contributed by atoms with E-state index in [1.54, 1.807) is 37.6 Å². The summed E-state index contributed by atoms with van der Waals surface area (Å²) in [6, 6.07) is 10.8. The SMILES string of the molecule is CN(Cc1cc(-c2ccccn2)no1)C(=O)c1onc2ncccc12. The van der Waals surface area contributed by atoms with Crippen LogP contribution in [0.25, 0.3) is 22.4 Å². The van der Waals surface area contributed by atoms with E-state index in [4.69, 9.17) is 9.05 Å². The van der Waals surface area contributed by atoms with Gasteiger partial charge in [-0.2, -0.15) is 0 Å². The molecule has 0 saturated carbocycles. The summed E-state index contributed by atoms with van der Waals surface area (Å²) in [5, 5.41) is 8.36. The normalized spacial score (nSPS) is 10.9. The van der Waals surface area contributed by atoms with Crippen LogP contribution in [0.2, 0.25) is 0 Å². The smallest absolute Gasteiger partial charge is 0.293 e. The molecule has 0 bridgehead atoms. The highest BCUT2D eigenvalue weighted by atomic mass is 16.5. The largest absolute Gasteiger partial charge is 0.359 e. The third-order valence-electron chi connectivity index (χ3n) is 3.67. The molecule has 8 nitrogen and oxygen atoms in total. The number of nitrogens with zero attached hydrogens (tertiary/aromatic N) is 5. The van der Waals surface area contributed by atoms with E-state index in [9.17, 15) is 4.79 Å². The van der Waals surface area contributed by atoms with Gasteiger partial charge in [0.05, 0.1) is 17.6 Å². The first-order valence-corrected chi connectivity index (χ1v) is 7.55. The number of fused-ring (bicyclic) bond motifs is 1. The van der Waals surface area contributed by atoms with Gasteiger partial charge in [0.1, 0.15) is 5.69 Å². The standard InChI is InChI=1S/C17H13N5O3/c1-22(17(23)15-12-5-4-8-19-16(12)21-25-15)10-11-9-14(20-24-11)13-6-2-3-7-18-13/h2-9H,10H2,1H3. The molecule has 0 aliphatic heterocycles. The summed E-state index contributed by atoms with van der Waals surface area (Å²) in [7, 11) is 1.65. The number of rotatable bonds is 4. The number of amides is 1. The zero-order valence-corrected chi connectivity index (χ0v) is 13.3. The van der Waals surface area contributed by atoms with Crippen molar-refractivity contribution in [2.24, 2.45) is 0 Å². The Morgan fingerprint density at radius 1 is 1.04 bits per heavy atom. The third kappa shape index (κ3) is 2.85. The molecule has 0 N–H and O–H groups in total. The van der Waals surface area contributed by atoms with Gasteiger partial charge in [-0.3, -0.25) is 9.78 Å². The molecule has 4 heterocycles. The van der Waals surface area contributed by atoms with Crippen molar-refractivity contribution in [3.05, 3.63) is 60.3 Å². The molecule has 4 aromatic heterocycles. The van der Waals surface area contributed by atoms with E-state index in [1.807, 2.05) is 18.2 Å². The summed E-state index contributed by atoms with van der Waals surface area (Å²) < 4.78 is 10.5. The summed E-state index contributed by atoms with van der Waals surface area (Å²) in [6.45, 7) is 0.237. The highest BCUT2D eigenvalue weighted by molar-refractivity contribution is 6.02. The van der Waals surface area contributed by atoms with Crippen LogP contribution in [0.4, 0.5) is 0 Å². The molecule has 0 atom stereocenters. The molecule has 25 heavy (non-hydrogen) atoms. The van der Waals surface area contributed by atoms with Crippen LogP contribution in [-0.4, -0.2) is 38.1 Å². The van der Waals surface area contributed by atoms with Gasteiger partial charge in [-0.15, -0.1) is 0 Å². The van der Waals surface area contributed by atoms with E-state index in [0.29, 0.717) is 28.2 Å². The molecule has 0 aromatic carbocycles. The molecular formula is C17H13N5O3. The van der Waals surface area contributed by atoms with Gasteiger partial charge < -0.3 is 13.9 Å². The Balaban J connectivity index is 1.53. The fourth-order valence-corrected chi connectivity index (χ4v) is 2.44. The first-order valence-electron chi connectivity index (χ1n) is 7.55. The quantitative estimate of drug-likeness (QED) is 0.565. The average Bonchev–Trinajstić information content (AvgIpc) is 3.29. The van der Waals surface area contributed by atoms with E-state index < -0.39 is 0 Å². The fourth-order valence-electron chi connectivity index (χ4n) is 2.44. The van der Waals surface area contributed by atoms with Crippen LogP contribution in [0, 0.1) is 0 Å². The summed E-state index contributed by atoms with van der Waals surface area (Å²) in [5.74, 6) is 0.375. The Kier molecular flexibility index (Phi) is 3.70. The summed E-state index contributed by atoms with van der Waals surface area (Å²) in [6.07, 6.45) is 3.28. The number of carbonyl (C=O) groups excluding carboxylic acids is 1. The van der Waals surface area contributed by atoms with Crippen molar-refractivity contribution in [2.75, 3.05) is 7.05 Å². The van der Waals surface area contributed by atoms with Crippen LogP contribution in [0.3, 0.4) is 0 Å². The minimum absolute atomic E-state index is 0.148. The van der Waals surface area contributed by atoms with Gasteiger partial charge in [0.2, 0.25) is 11.4 Å². The van der Waals surface area contributed by atoms with Crippen LogP contribution in [0.1, 0.15) is 16.3 Å². The lowest BCUT2D eigenvalue weighted by atomic mass is 10.2. The molecule has 0 unspecified atom stereocenters. The van der Waals surface area contributed by atoms with Gasteiger partial charge in [-0.1, -0.05) is 16.4 Å². The van der Waals surface area contributed by atoms with Gasteiger partial charge >= 0.3 is 0 Å². The molecule has 0 radical (unpaired) electrons. The minimum atomic E-state index is -0.314. The number of hydrogen-bond acceptors (Lipinski definition) is 7. The van der Waals surface area contributed by atoms with Crippen molar-refractivity contribution < 1.29 is 13.8 Å². The van der Waals surface area contributed by atoms with Crippen LogP contribution in [-0.2, 0) is 6.54 Å². The summed E-state index contributed by atoms with van der Waals surface area (Å²) in [5.41, 5.74) is 1.72. The van der Waals surface area contributed by atoms with Crippen LogP contribution < -0.4 is 0 Å². The second kappa shape index (κ2) is 6.16. The molecule has 4 rings (SSSR count). The number of hydrogen-bond donors (Lipinski definition) is 0. The number of aromatic nitrogens is 4. The molecule has 0 aliphatic carbocycles. The second-order valence-corrected chi connectivity index (χ2v) is 5.44. The average molecular weight is 335 g/mol. The predicted octanol–water partition coefficient (Wildman–Crippen LogP) is 2.55. The lowest BCUT2D eigenvalue weighted by Crippen LogP contribution is -2.25. The Morgan fingerprint density at radius 2 is 1.92 bits per heavy atom. The van der Waals surface area contributed by atoms with E-state index >= 15 is 0 Å². The maximum absolute atomic E-state index is 12.6. The topological polar surface area (TPSA) is 98.2 Å². The molecule has 0 aliphatic rings. The van der Waals surface area contributed by atoms with Gasteiger partial charge in [0.15, 0.2) is 5.76 Å². The fraction of sp³-hybridized carbons (Fsp3) is 0.118. The van der Waals surface area contributed by atoms with Crippen LogP contribution in [0.5, 0.6) is 0 Å². The molecule has 0 saturated heterocycles. The molecule has 0 fully saturated rings. The first kappa shape index (κ1) is 15.0. The molecule has 4 aromatic rings. The van der Waals surface area contributed by atoms with Crippen molar-refractivity contribution in [1.29, 1.82) is 0 Å². The van der Waals surface area contributed by atoms with Crippen molar-refractivity contribution >= 4 is 16.9 Å². The van der Waals surface area contributed by atoms with E-state index in [1.165, 1.54) is 4.90 Å². The van der Waals surface area contributed by atoms with Crippen molar-refractivity contribution in [2.45, 2.75) is 6.54 Å². The van der Waals surface area contributed by atoms with E-state index in [0.717, 1.165) is 0 Å². The van der Waals surface area contributed by atoms with Crippen LogP contribution in [0.15, 0.2) is 57.8 Å². The lowest BCUT2D eigenvalue weighted by Gasteiger charge is -2.12. The van der Waals surface area contributed by atoms with Crippen molar-refractivity contribution in [3.8, 4) is 11.4 Å². The molecule has 124 valence electrons. The highest BCUT2D eigenvalue weighted by Gasteiger charge is 2.22. The number of pyridine rings is 2. The maximum Gasteiger partial charge on any atom is 0.293 e. The molecule has 0 spiro atoms. The van der Waals surface area contributed by atoms with E-state index in [-0.39, 0.29) is 18.2 Å². The lowest BCUT2D eigenvalue weighted by molar-refractivity contribution is 0.0733. The maximum atomic E-state index is 12.6. The zero-order valence-electron chi connectivity index (χ0n) is 13.3. The Bertz CT molecular complexity index is 1020. The van der Waals surface area contributed by atoms with E-state index in [2.05, 4.69) is 20.3 Å². The second-order valence-electron chi connectivity index (χ2n) is 5.44. The zero-order chi connectivity index (χ0) is 17.2. The Labute approximate surface area is 142 Å². The number of carbonyl (C=O) groups is 1. The molecule has 8 heteroatoms. The Morgan fingerprint density at radius 3 is 2.76 bits per heavy atom. The van der Waals surface area contributed by atoms with Crippen LogP contribution >= 0.6 is 0 Å². The van der Waals surface area contributed by atoms with Crippen molar-refractivity contribution in [3.63, 3.8) is 0 Å². The minimum Gasteiger partial charge on any atom is -0.359 e. The van der Waals surface area contributed by atoms with Crippen molar-refractivity contribution in [1.82, 2.24) is 25.2 Å². The third-order valence-corrected chi connectivity index (χ3v) is 3.67. The summed E-state index contributed by atoms with van der Waals surface area (Å²) in [4.78, 5) is 22.3. The monoisotopic (exact) mass is 335 g/mol. The van der Waals surface area contributed by atoms with Gasteiger partial charge in [0, 0.05) is 25.5 Å². The van der Waals surface area contributed by atoms with Gasteiger partial charge in [-0.05, 0) is 24.3 Å². The predicted molar refractivity (Wildman–Crippen MR) is 87.3 cm³/mol. The molecule has 1 amide bonds. The summed E-state index contributed by atoms with van der Waals surface area (Å²) >= 11 is 0. The highest BCUT2D eigenvalue weighted by Crippen LogP contribution is 2.20.